The summed E-state index contributed by atoms with van der Waals surface area (Å²) in [6.45, 7) is 33.8. The van der Waals surface area contributed by atoms with Crippen LogP contribution in [0.25, 0.3) is 11.1 Å². The van der Waals surface area contributed by atoms with Crippen molar-refractivity contribution in [3.8, 4) is 39.9 Å². The van der Waals surface area contributed by atoms with Crippen LogP contribution in [0.15, 0.2) is 60.7 Å². The first-order chi connectivity index (χ1) is 23.5. The van der Waals surface area contributed by atoms with Crippen LogP contribution in [0.5, 0.6) is 28.7 Å². The van der Waals surface area contributed by atoms with Crippen LogP contribution >= 0.6 is 18.1 Å². The Hall–Kier alpha value is -3.30. The van der Waals surface area contributed by atoms with Crippen LogP contribution in [0.1, 0.15) is 122 Å². The van der Waals surface area contributed by atoms with Gasteiger partial charge in [-0.05, 0) is 101 Å². The molecule has 0 amide bonds. The van der Waals surface area contributed by atoms with Gasteiger partial charge in [0.25, 0.3) is 18.1 Å². The van der Waals surface area contributed by atoms with E-state index in [4.69, 9.17) is 22.8 Å². The highest BCUT2D eigenvalue weighted by molar-refractivity contribution is 7.27. The van der Waals surface area contributed by atoms with Gasteiger partial charge in [-0.15, -0.1) is 0 Å². The van der Waals surface area contributed by atoms with Crippen molar-refractivity contribution in [2.45, 2.75) is 126 Å². The molecule has 0 saturated heterocycles. The molecular weight excluding hydrogens is 686 g/mol. The first-order valence-corrected chi connectivity index (χ1v) is 19.4. The fourth-order valence-corrected chi connectivity index (χ4v) is 7.61. The van der Waals surface area contributed by atoms with Gasteiger partial charge in [0, 0.05) is 22.3 Å². The van der Waals surface area contributed by atoms with E-state index in [0.29, 0.717) is 0 Å². The monoisotopic (exact) mass is 748 g/mol. The third kappa shape index (κ3) is 10.0. The predicted octanol–water partition coefficient (Wildman–Crippen LogP) is 12.6. The first kappa shape index (κ1) is 43.1. The van der Waals surface area contributed by atoms with Gasteiger partial charge in [0.15, 0.2) is 0 Å². The lowest BCUT2D eigenvalue weighted by atomic mass is 9.72. The number of methoxy groups -OCH3 is 1. The van der Waals surface area contributed by atoms with Gasteiger partial charge in [-0.2, -0.15) is 0 Å². The molecule has 284 valence electrons. The third-order valence-corrected chi connectivity index (χ3v) is 10.5. The maximum absolute atomic E-state index is 6.90. The van der Waals surface area contributed by atoms with Crippen molar-refractivity contribution in [2.24, 2.45) is 0 Å². The molecule has 0 saturated carbocycles. The molecule has 0 radical (unpaired) electrons. The fraction of sp³-hybridized carbons (Fsp3) is 0.455. The van der Waals surface area contributed by atoms with Crippen LogP contribution in [0, 0.1) is 20.8 Å². The number of rotatable bonds is 10. The molecule has 2 unspecified atom stereocenters. The van der Waals surface area contributed by atoms with Gasteiger partial charge in [0.2, 0.25) is 0 Å². The predicted molar refractivity (Wildman–Crippen MR) is 223 cm³/mol. The van der Waals surface area contributed by atoms with E-state index in [9.17, 15) is 0 Å². The zero-order valence-corrected chi connectivity index (χ0v) is 36.3. The number of benzene rings is 4. The maximum Gasteiger partial charge on any atom is 0.275 e. The maximum atomic E-state index is 6.90. The summed E-state index contributed by atoms with van der Waals surface area (Å²) in [5.41, 5.74) is 9.71. The summed E-state index contributed by atoms with van der Waals surface area (Å²) in [5, 5.41) is 0. The average Bonchev–Trinajstić information content (AvgIpc) is 3.00. The molecule has 4 rings (SSSR count). The average molecular weight is 749 g/mol. The molecular formula is C44H62O6P2. The number of aryl methyl sites for hydroxylation is 1. The first-order valence-electron chi connectivity index (χ1n) is 17.8. The molecule has 0 aliphatic heterocycles. The third-order valence-electron chi connectivity index (χ3n) is 9.25. The zero-order chi connectivity index (χ0) is 38.1. The van der Waals surface area contributed by atoms with E-state index in [1.165, 1.54) is 27.8 Å². The van der Waals surface area contributed by atoms with Gasteiger partial charge in [-0.25, -0.2) is 0 Å². The second kappa shape index (κ2) is 16.4. The molecule has 0 fully saturated rings. The van der Waals surface area contributed by atoms with Crippen molar-refractivity contribution in [1.82, 2.24) is 0 Å². The van der Waals surface area contributed by atoms with E-state index in [0.717, 1.165) is 51.0 Å². The lowest BCUT2D eigenvalue weighted by molar-refractivity contribution is 0.414. The van der Waals surface area contributed by atoms with Crippen molar-refractivity contribution in [3.05, 3.63) is 99.6 Å². The van der Waals surface area contributed by atoms with Crippen molar-refractivity contribution < 1.29 is 28.3 Å². The Kier molecular flexibility index (Phi) is 13.6. The van der Waals surface area contributed by atoms with Crippen molar-refractivity contribution in [1.29, 1.82) is 0 Å². The second-order valence-corrected chi connectivity index (χ2v) is 18.8. The van der Waals surface area contributed by atoms with Crippen LogP contribution in [0.4, 0.5) is 0 Å². The van der Waals surface area contributed by atoms with Crippen molar-refractivity contribution >= 4 is 18.1 Å². The molecule has 0 aliphatic carbocycles. The quantitative estimate of drug-likeness (QED) is 0.151. The summed E-state index contributed by atoms with van der Waals surface area (Å²) in [6.07, 6.45) is 0. The van der Waals surface area contributed by atoms with Gasteiger partial charge >= 0.3 is 0 Å². The summed E-state index contributed by atoms with van der Waals surface area (Å²) in [5.74, 6) is 3.93. The Labute approximate surface area is 317 Å². The molecule has 0 spiro atoms. The molecule has 8 heteroatoms. The molecule has 52 heavy (non-hydrogen) atoms. The lowest BCUT2D eigenvalue weighted by Crippen LogP contribution is -2.22. The van der Waals surface area contributed by atoms with Crippen LogP contribution in [-0.4, -0.2) is 12.6 Å². The van der Waals surface area contributed by atoms with E-state index >= 15 is 0 Å². The van der Waals surface area contributed by atoms with E-state index in [1.807, 2.05) is 36.4 Å². The standard InChI is InChI=1S/C44H60O5P2.H2O/c1-27-17-19-31(20-18-27)46-50-48-39-35(43(10,11)12)25-33(41(4,5)6)28(2)37(39)38-29(3)34(42(7,8)9)26-36(44(13,14)15)40(38)49-51-47-32-23-21-30(45-16)22-24-32;/h17-26,50-51H,1-16H3;1H2. The van der Waals surface area contributed by atoms with Crippen LogP contribution in [-0.2, 0) is 21.7 Å². The Morgan fingerprint density at radius 2 is 0.731 bits per heavy atom. The van der Waals surface area contributed by atoms with E-state index in [1.54, 1.807) is 7.11 Å². The SMILES string of the molecule is COc1ccc(OPOc2c(C(C)(C)C)cc(C(C)(C)C)c(C)c2-c2c(C)c(C(C)(C)C)cc(C(C)(C)C)c2OPOc2ccc(C)cc2)cc1.O. The molecule has 2 N–H and O–H groups in total. The van der Waals surface area contributed by atoms with Gasteiger partial charge in [0.05, 0.1) is 7.11 Å². The summed E-state index contributed by atoms with van der Waals surface area (Å²) < 4.78 is 31.6. The second-order valence-electron chi connectivity index (χ2n) is 17.7. The van der Waals surface area contributed by atoms with Crippen LogP contribution in [0.3, 0.4) is 0 Å². The molecule has 4 aromatic rings. The fourth-order valence-electron chi connectivity index (χ4n) is 6.47. The Bertz CT molecular complexity index is 1820. The molecule has 0 aromatic heterocycles. The molecule has 2 atom stereocenters. The Balaban J connectivity index is 0.00000729. The minimum Gasteiger partial charge on any atom is -0.497 e. The minimum absolute atomic E-state index is 0. The minimum atomic E-state index is -0.276. The van der Waals surface area contributed by atoms with Gasteiger partial charge in [0.1, 0.15) is 28.7 Å². The smallest absolute Gasteiger partial charge is 0.275 e. The Morgan fingerprint density at radius 3 is 1.04 bits per heavy atom. The molecule has 6 nitrogen and oxygen atoms in total. The summed E-state index contributed by atoms with van der Waals surface area (Å²) in [4.78, 5) is 0. The number of ether oxygens (including phenoxy) is 1. The summed E-state index contributed by atoms with van der Waals surface area (Å²) >= 11 is 0. The van der Waals surface area contributed by atoms with Crippen molar-refractivity contribution in [2.75, 3.05) is 7.11 Å². The largest absolute Gasteiger partial charge is 0.497 e. The van der Waals surface area contributed by atoms with E-state index < -0.39 is 0 Å². The molecule has 0 bridgehead atoms. The van der Waals surface area contributed by atoms with Gasteiger partial charge < -0.3 is 28.3 Å². The van der Waals surface area contributed by atoms with Crippen molar-refractivity contribution in [3.63, 3.8) is 0 Å². The topological polar surface area (TPSA) is 77.7 Å². The van der Waals surface area contributed by atoms with Gasteiger partial charge in [-0.1, -0.05) is 113 Å². The highest BCUT2D eigenvalue weighted by Crippen LogP contribution is 2.54. The molecule has 0 heterocycles. The van der Waals surface area contributed by atoms with Crippen LogP contribution < -0.4 is 22.8 Å². The summed E-state index contributed by atoms with van der Waals surface area (Å²) in [6, 6.07) is 20.4. The number of hydrogen-bond acceptors (Lipinski definition) is 5. The van der Waals surface area contributed by atoms with E-state index in [2.05, 4.69) is 128 Å². The molecule has 0 aliphatic rings. The Morgan fingerprint density at radius 1 is 0.423 bits per heavy atom. The highest BCUT2D eigenvalue weighted by atomic mass is 31.1. The normalized spacial score (nSPS) is 12.7. The lowest BCUT2D eigenvalue weighted by Gasteiger charge is -2.35. The number of hydrogen-bond donors (Lipinski definition) is 0. The summed E-state index contributed by atoms with van der Waals surface area (Å²) in [7, 11) is 1.14. The molecule has 4 aromatic carbocycles. The zero-order valence-electron chi connectivity index (χ0n) is 34.3. The van der Waals surface area contributed by atoms with Crippen LogP contribution in [0.2, 0.25) is 0 Å². The van der Waals surface area contributed by atoms with Gasteiger partial charge in [-0.3, -0.25) is 0 Å². The highest BCUT2D eigenvalue weighted by Gasteiger charge is 2.35. The van der Waals surface area contributed by atoms with E-state index in [-0.39, 0.29) is 45.2 Å².